The van der Waals surface area contributed by atoms with Crippen LogP contribution in [0.1, 0.15) is 51.3 Å². The summed E-state index contributed by atoms with van der Waals surface area (Å²) in [5.74, 6) is -0.226. The predicted molar refractivity (Wildman–Crippen MR) is 111 cm³/mol. The molecule has 1 heterocycles. The Morgan fingerprint density at radius 1 is 0.889 bits per heavy atom. The molecule has 4 nitrogen and oxygen atoms in total. The fourth-order valence-electron chi connectivity index (χ4n) is 3.73. The van der Waals surface area contributed by atoms with E-state index in [1.165, 1.54) is 12.1 Å². The molecule has 1 aliphatic rings. The summed E-state index contributed by atoms with van der Waals surface area (Å²) in [6, 6.07) is 12.9. The average molecular weight is 371 g/mol. The Morgan fingerprint density at radius 3 is 2.19 bits per heavy atom. The first-order valence-corrected chi connectivity index (χ1v) is 10.00. The van der Waals surface area contributed by atoms with E-state index < -0.39 is 0 Å². The van der Waals surface area contributed by atoms with Crippen molar-refractivity contribution in [2.24, 2.45) is 11.5 Å². The smallest absolute Gasteiger partial charge is 0.136 e. The molecule has 4 N–H and O–H groups in total. The maximum absolute atomic E-state index is 13.3. The van der Waals surface area contributed by atoms with Gasteiger partial charge in [0.2, 0.25) is 0 Å². The van der Waals surface area contributed by atoms with E-state index in [0.717, 1.165) is 61.2 Å². The summed E-state index contributed by atoms with van der Waals surface area (Å²) >= 11 is 0. The average Bonchev–Trinajstić information content (AvgIpc) is 2.68. The monoisotopic (exact) mass is 370 g/mol. The van der Waals surface area contributed by atoms with Gasteiger partial charge in [0.05, 0.1) is 6.17 Å². The van der Waals surface area contributed by atoms with Crippen LogP contribution in [0.25, 0.3) is 11.1 Å². The van der Waals surface area contributed by atoms with Crippen molar-refractivity contribution in [1.82, 2.24) is 4.90 Å². The molecule has 1 aliphatic heterocycles. The minimum Gasteiger partial charge on any atom is -0.343 e. The SMILES string of the molecule is CCCCN1c2ccc(-c3ccc(F)cc3)cc2C(N)N(CCCC)C1N. The van der Waals surface area contributed by atoms with E-state index in [4.69, 9.17) is 11.5 Å². The molecule has 0 bridgehead atoms. The number of hydrogen-bond donors (Lipinski definition) is 2. The molecule has 2 aromatic rings. The van der Waals surface area contributed by atoms with Crippen LogP contribution in [0, 0.1) is 5.82 Å². The summed E-state index contributed by atoms with van der Waals surface area (Å²) in [5, 5.41) is 0. The van der Waals surface area contributed by atoms with Crippen LogP contribution in [0.2, 0.25) is 0 Å². The van der Waals surface area contributed by atoms with Gasteiger partial charge in [0, 0.05) is 24.3 Å². The van der Waals surface area contributed by atoms with Crippen molar-refractivity contribution < 1.29 is 4.39 Å². The maximum Gasteiger partial charge on any atom is 0.136 e. The van der Waals surface area contributed by atoms with E-state index in [2.05, 4.69) is 41.8 Å². The van der Waals surface area contributed by atoms with Crippen molar-refractivity contribution in [3.63, 3.8) is 0 Å². The topological polar surface area (TPSA) is 58.5 Å². The Hall–Kier alpha value is -1.95. The minimum atomic E-state index is -0.236. The largest absolute Gasteiger partial charge is 0.343 e. The van der Waals surface area contributed by atoms with Crippen LogP contribution < -0.4 is 16.4 Å². The molecule has 146 valence electrons. The fourth-order valence-corrected chi connectivity index (χ4v) is 3.73. The van der Waals surface area contributed by atoms with Crippen LogP contribution in [0.5, 0.6) is 0 Å². The predicted octanol–water partition coefficient (Wildman–Crippen LogP) is 4.41. The van der Waals surface area contributed by atoms with Gasteiger partial charge in [-0.05, 0) is 48.2 Å². The zero-order valence-corrected chi connectivity index (χ0v) is 16.4. The lowest BCUT2D eigenvalue weighted by molar-refractivity contribution is 0.120. The van der Waals surface area contributed by atoms with Gasteiger partial charge in [0.25, 0.3) is 0 Å². The number of rotatable bonds is 7. The van der Waals surface area contributed by atoms with Gasteiger partial charge < -0.3 is 10.6 Å². The highest BCUT2D eigenvalue weighted by Crippen LogP contribution is 2.38. The van der Waals surface area contributed by atoms with Gasteiger partial charge in [-0.3, -0.25) is 10.6 Å². The molecule has 0 spiro atoms. The van der Waals surface area contributed by atoms with Crippen molar-refractivity contribution >= 4 is 5.69 Å². The standard InChI is InChI=1S/C22H31FN4/c1-3-5-13-26-20-12-9-17(16-7-10-18(23)11-8-16)15-19(20)21(24)27(22(26)25)14-6-4-2/h7-12,15,21-22H,3-6,13-14,24-25H2,1-2H3. The van der Waals surface area contributed by atoms with Gasteiger partial charge in [0.1, 0.15) is 12.1 Å². The van der Waals surface area contributed by atoms with Crippen molar-refractivity contribution in [2.45, 2.75) is 52.0 Å². The molecule has 2 aromatic carbocycles. The number of nitrogens with two attached hydrogens (primary N) is 2. The summed E-state index contributed by atoms with van der Waals surface area (Å²) in [5.41, 5.74) is 17.5. The second-order valence-electron chi connectivity index (χ2n) is 7.28. The van der Waals surface area contributed by atoms with E-state index in [1.807, 2.05) is 0 Å². The van der Waals surface area contributed by atoms with E-state index in [-0.39, 0.29) is 18.3 Å². The highest BCUT2D eigenvalue weighted by molar-refractivity contribution is 5.70. The quantitative estimate of drug-likeness (QED) is 0.758. The van der Waals surface area contributed by atoms with Crippen molar-refractivity contribution in [1.29, 1.82) is 0 Å². The van der Waals surface area contributed by atoms with Crippen molar-refractivity contribution in [3.8, 4) is 11.1 Å². The van der Waals surface area contributed by atoms with Gasteiger partial charge in [0.15, 0.2) is 0 Å². The lowest BCUT2D eigenvalue weighted by Crippen LogP contribution is -2.60. The second-order valence-corrected chi connectivity index (χ2v) is 7.28. The third-order valence-corrected chi connectivity index (χ3v) is 5.37. The van der Waals surface area contributed by atoms with Gasteiger partial charge in [-0.1, -0.05) is 44.9 Å². The molecule has 2 unspecified atom stereocenters. The molecule has 0 amide bonds. The molecule has 0 aromatic heterocycles. The van der Waals surface area contributed by atoms with Gasteiger partial charge in [-0.15, -0.1) is 0 Å². The first kappa shape index (κ1) is 19.8. The molecule has 0 saturated heterocycles. The summed E-state index contributed by atoms with van der Waals surface area (Å²) in [6.07, 6.45) is 3.93. The van der Waals surface area contributed by atoms with E-state index in [0.29, 0.717) is 0 Å². The summed E-state index contributed by atoms with van der Waals surface area (Å²) in [4.78, 5) is 4.46. The molecule has 0 radical (unpaired) electrons. The first-order chi connectivity index (χ1) is 13.1. The number of benzene rings is 2. The summed E-state index contributed by atoms with van der Waals surface area (Å²) in [7, 11) is 0. The van der Waals surface area contributed by atoms with Gasteiger partial charge in [-0.2, -0.15) is 0 Å². The summed E-state index contributed by atoms with van der Waals surface area (Å²) < 4.78 is 13.3. The Morgan fingerprint density at radius 2 is 1.52 bits per heavy atom. The summed E-state index contributed by atoms with van der Waals surface area (Å²) in [6.45, 7) is 6.16. The number of fused-ring (bicyclic) bond motifs is 1. The number of nitrogens with zero attached hydrogens (tertiary/aromatic N) is 2. The molecule has 0 fully saturated rings. The van der Waals surface area contributed by atoms with E-state index in [9.17, 15) is 4.39 Å². The number of hydrogen-bond acceptors (Lipinski definition) is 4. The molecule has 3 rings (SSSR count). The lowest BCUT2D eigenvalue weighted by Gasteiger charge is -2.47. The van der Waals surface area contributed by atoms with E-state index in [1.54, 1.807) is 12.1 Å². The number of anilines is 1. The molecule has 0 saturated carbocycles. The van der Waals surface area contributed by atoms with Crippen LogP contribution in [0.15, 0.2) is 42.5 Å². The van der Waals surface area contributed by atoms with E-state index >= 15 is 0 Å². The lowest BCUT2D eigenvalue weighted by atomic mass is 9.97. The fraction of sp³-hybridized carbons (Fsp3) is 0.455. The molecular weight excluding hydrogens is 339 g/mol. The van der Waals surface area contributed by atoms with Crippen LogP contribution in [-0.4, -0.2) is 24.3 Å². The van der Waals surface area contributed by atoms with Gasteiger partial charge in [-0.25, -0.2) is 4.39 Å². The Kier molecular flexibility index (Phi) is 6.47. The Bertz CT molecular complexity index is 746. The number of unbranched alkanes of at least 4 members (excludes halogenated alkanes) is 2. The van der Waals surface area contributed by atoms with Crippen LogP contribution >= 0.6 is 0 Å². The Labute approximate surface area is 161 Å². The van der Waals surface area contributed by atoms with Crippen LogP contribution in [0.3, 0.4) is 0 Å². The third-order valence-electron chi connectivity index (χ3n) is 5.37. The highest BCUT2D eigenvalue weighted by Gasteiger charge is 2.34. The van der Waals surface area contributed by atoms with Crippen LogP contribution in [0.4, 0.5) is 10.1 Å². The second kappa shape index (κ2) is 8.83. The van der Waals surface area contributed by atoms with Crippen LogP contribution in [-0.2, 0) is 0 Å². The zero-order chi connectivity index (χ0) is 19.4. The third kappa shape index (κ3) is 4.15. The number of halogens is 1. The molecule has 2 atom stereocenters. The highest BCUT2D eigenvalue weighted by atomic mass is 19.1. The van der Waals surface area contributed by atoms with Gasteiger partial charge >= 0.3 is 0 Å². The molecule has 5 heteroatoms. The Balaban J connectivity index is 1.99. The maximum atomic E-state index is 13.3. The molecular formula is C22H31FN4. The van der Waals surface area contributed by atoms with Crippen molar-refractivity contribution in [2.75, 3.05) is 18.0 Å². The minimum absolute atomic E-state index is 0.206. The first-order valence-electron chi connectivity index (χ1n) is 10.00. The molecule has 0 aliphatic carbocycles. The molecule has 27 heavy (non-hydrogen) atoms. The normalized spacial score (nSPS) is 20.0. The van der Waals surface area contributed by atoms with Crippen molar-refractivity contribution in [3.05, 3.63) is 53.8 Å². The zero-order valence-electron chi connectivity index (χ0n) is 16.4.